The minimum atomic E-state index is -0.875. The molecule has 33 heavy (non-hydrogen) atoms. The maximum absolute atomic E-state index is 12.4. The summed E-state index contributed by atoms with van der Waals surface area (Å²) in [5, 5.41) is 0. The van der Waals surface area contributed by atoms with Gasteiger partial charge >= 0.3 is 18.1 Å². The number of esters is 2. The highest BCUT2D eigenvalue weighted by Gasteiger charge is 2.12. The van der Waals surface area contributed by atoms with E-state index < -0.39 is 18.1 Å². The minimum Gasteiger partial charge on any atom is -0.467 e. The van der Waals surface area contributed by atoms with Gasteiger partial charge in [-0.3, -0.25) is 0 Å². The molecule has 0 heterocycles. The normalized spacial score (nSPS) is 10.1. The first kappa shape index (κ1) is 25.4. The van der Waals surface area contributed by atoms with Crippen molar-refractivity contribution in [2.45, 2.75) is 19.8 Å². The van der Waals surface area contributed by atoms with Crippen molar-refractivity contribution in [3.8, 4) is 17.2 Å². The summed E-state index contributed by atoms with van der Waals surface area (Å²) in [4.78, 5) is 35.0. The fourth-order valence-electron chi connectivity index (χ4n) is 2.51. The Hall–Kier alpha value is -3.85. The fourth-order valence-corrected chi connectivity index (χ4v) is 2.51. The van der Waals surface area contributed by atoms with E-state index in [9.17, 15) is 14.4 Å². The summed E-state index contributed by atoms with van der Waals surface area (Å²) >= 11 is 0. The first-order valence-electron chi connectivity index (χ1n) is 10.1. The number of benzene rings is 2. The van der Waals surface area contributed by atoms with Crippen molar-refractivity contribution < 1.29 is 42.8 Å². The van der Waals surface area contributed by atoms with Gasteiger partial charge in [0.05, 0.1) is 18.8 Å². The van der Waals surface area contributed by atoms with E-state index in [0.29, 0.717) is 24.3 Å². The number of carbonyl (C=O) groups excluding carboxylic acids is 3. The smallest absolute Gasteiger partial charge is 0.467 e. The number of hydrogen-bond acceptors (Lipinski definition) is 9. The Bertz CT molecular complexity index is 951. The van der Waals surface area contributed by atoms with Gasteiger partial charge in [-0.15, -0.1) is 0 Å². The first-order valence-corrected chi connectivity index (χ1v) is 10.1. The van der Waals surface area contributed by atoms with Crippen LogP contribution in [-0.2, 0) is 19.0 Å². The molecule has 0 aliphatic heterocycles. The molecule has 9 heteroatoms. The molecule has 0 saturated carbocycles. The van der Waals surface area contributed by atoms with Gasteiger partial charge < -0.3 is 28.4 Å². The Morgan fingerprint density at radius 3 is 2.21 bits per heavy atom. The number of rotatable bonds is 12. The molecular weight excluding hydrogens is 432 g/mol. The number of aryl methyl sites for hydroxylation is 1. The Morgan fingerprint density at radius 2 is 1.58 bits per heavy atom. The molecular formula is C24H26O9. The number of ether oxygens (including phenoxy) is 6. The van der Waals surface area contributed by atoms with Crippen LogP contribution in [-0.4, -0.2) is 45.2 Å². The van der Waals surface area contributed by atoms with Crippen LogP contribution in [0, 0.1) is 6.92 Å². The quantitative estimate of drug-likeness (QED) is 0.115. The van der Waals surface area contributed by atoms with E-state index in [0.717, 1.165) is 11.6 Å². The summed E-state index contributed by atoms with van der Waals surface area (Å²) in [6.45, 7) is 5.57. The standard InChI is InChI=1S/C24H26O9/c1-4-22(25)29-13-5-6-14-30-24(27)33-19-9-7-18(8-10-19)23(26)32-20-11-12-21(17(2)15-20)31-16-28-3/h4,7-12,15H,1,5-6,13-14,16H2,2-3H3. The molecule has 0 fully saturated rings. The van der Waals surface area contributed by atoms with Gasteiger partial charge in [0.2, 0.25) is 0 Å². The third-order valence-electron chi connectivity index (χ3n) is 4.15. The van der Waals surface area contributed by atoms with Gasteiger partial charge in [0.25, 0.3) is 0 Å². The van der Waals surface area contributed by atoms with Crippen LogP contribution in [0.1, 0.15) is 28.8 Å². The molecule has 2 rings (SSSR count). The molecule has 0 spiro atoms. The summed E-state index contributed by atoms with van der Waals surface area (Å²) in [5.74, 6) is 0.146. The van der Waals surface area contributed by atoms with E-state index in [1.54, 1.807) is 18.2 Å². The highest BCUT2D eigenvalue weighted by Crippen LogP contribution is 2.24. The second-order valence-corrected chi connectivity index (χ2v) is 6.67. The zero-order valence-electron chi connectivity index (χ0n) is 18.5. The molecule has 2 aromatic rings. The number of unbranched alkanes of at least 4 members (excludes halogenated alkanes) is 1. The molecule has 0 saturated heterocycles. The Labute approximate surface area is 191 Å². The predicted octanol–water partition coefficient (Wildman–Crippen LogP) is 4.22. The first-order chi connectivity index (χ1) is 15.9. The van der Waals surface area contributed by atoms with E-state index >= 15 is 0 Å². The fraction of sp³-hybridized carbons (Fsp3) is 0.292. The Morgan fingerprint density at radius 1 is 0.909 bits per heavy atom. The molecule has 0 N–H and O–H groups in total. The van der Waals surface area contributed by atoms with Crippen LogP contribution in [0.5, 0.6) is 17.2 Å². The Kier molecular flexibility index (Phi) is 10.4. The predicted molar refractivity (Wildman–Crippen MR) is 117 cm³/mol. The molecule has 0 aliphatic carbocycles. The van der Waals surface area contributed by atoms with Gasteiger partial charge in [0.15, 0.2) is 6.79 Å². The van der Waals surface area contributed by atoms with Crippen LogP contribution >= 0.6 is 0 Å². The lowest BCUT2D eigenvalue weighted by Crippen LogP contribution is -2.12. The van der Waals surface area contributed by atoms with Crippen LogP contribution in [0.4, 0.5) is 4.79 Å². The summed E-state index contributed by atoms with van der Waals surface area (Å²) < 4.78 is 30.4. The van der Waals surface area contributed by atoms with Gasteiger partial charge in [-0.2, -0.15) is 0 Å². The lowest BCUT2D eigenvalue weighted by Gasteiger charge is -2.10. The molecule has 0 radical (unpaired) electrons. The topological polar surface area (TPSA) is 107 Å². The number of carbonyl (C=O) groups is 3. The molecule has 0 bridgehead atoms. The molecule has 0 unspecified atom stereocenters. The maximum Gasteiger partial charge on any atom is 0.513 e. The van der Waals surface area contributed by atoms with Crippen molar-refractivity contribution in [2.75, 3.05) is 27.1 Å². The minimum absolute atomic E-state index is 0.115. The summed E-state index contributed by atoms with van der Waals surface area (Å²) in [6.07, 6.45) is 1.24. The Balaban J connectivity index is 1.77. The van der Waals surface area contributed by atoms with E-state index in [2.05, 4.69) is 6.58 Å². The summed E-state index contributed by atoms with van der Waals surface area (Å²) in [7, 11) is 1.53. The van der Waals surface area contributed by atoms with E-state index in [1.807, 2.05) is 6.92 Å². The molecule has 0 amide bonds. The van der Waals surface area contributed by atoms with Gasteiger partial charge in [-0.05, 0) is 67.8 Å². The van der Waals surface area contributed by atoms with Gasteiger partial charge in [-0.25, -0.2) is 14.4 Å². The molecule has 9 nitrogen and oxygen atoms in total. The lowest BCUT2D eigenvalue weighted by atomic mass is 10.2. The summed E-state index contributed by atoms with van der Waals surface area (Å²) in [6, 6.07) is 10.8. The van der Waals surface area contributed by atoms with E-state index in [-0.39, 0.29) is 31.3 Å². The number of hydrogen-bond donors (Lipinski definition) is 0. The zero-order valence-corrected chi connectivity index (χ0v) is 18.5. The summed E-state index contributed by atoms with van der Waals surface area (Å²) in [5.41, 5.74) is 1.07. The van der Waals surface area contributed by atoms with Crippen LogP contribution < -0.4 is 14.2 Å². The monoisotopic (exact) mass is 458 g/mol. The van der Waals surface area contributed by atoms with E-state index in [4.69, 9.17) is 28.4 Å². The van der Waals surface area contributed by atoms with Crippen molar-refractivity contribution >= 4 is 18.1 Å². The van der Waals surface area contributed by atoms with Crippen molar-refractivity contribution in [2.24, 2.45) is 0 Å². The molecule has 0 atom stereocenters. The van der Waals surface area contributed by atoms with Crippen LogP contribution in [0.15, 0.2) is 55.1 Å². The number of methoxy groups -OCH3 is 1. The van der Waals surface area contributed by atoms with Crippen molar-refractivity contribution in [3.63, 3.8) is 0 Å². The second-order valence-electron chi connectivity index (χ2n) is 6.67. The van der Waals surface area contributed by atoms with Gasteiger partial charge in [-0.1, -0.05) is 6.58 Å². The molecule has 176 valence electrons. The largest absolute Gasteiger partial charge is 0.513 e. The van der Waals surface area contributed by atoms with Crippen molar-refractivity contribution in [3.05, 3.63) is 66.2 Å². The SMILES string of the molecule is C=CC(=O)OCCCCOC(=O)Oc1ccc(C(=O)Oc2ccc(OCOC)c(C)c2)cc1. The van der Waals surface area contributed by atoms with E-state index in [1.165, 1.54) is 31.4 Å². The van der Waals surface area contributed by atoms with Gasteiger partial charge in [0.1, 0.15) is 17.2 Å². The third-order valence-corrected chi connectivity index (χ3v) is 4.15. The highest BCUT2D eigenvalue weighted by atomic mass is 16.7. The average molecular weight is 458 g/mol. The van der Waals surface area contributed by atoms with Crippen molar-refractivity contribution in [1.82, 2.24) is 0 Å². The zero-order chi connectivity index (χ0) is 24.1. The molecule has 0 aliphatic rings. The maximum atomic E-state index is 12.4. The van der Waals surface area contributed by atoms with Crippen LogP contribution in [0.3, 0.4) is 0 Å². The average Bonchev–Trinajstić information content (AvgIpc) is 2.81. The van der Waals surface area contributed by atoms with Crippen molar-refractivity contribution in [1.29, 1.82) is 0 Å². The lowest BCUT2D eigenvalue weighted by molar-refractivity contribution is -0.137. The van der Waals surface area contributed by atoms with Crippen LogP contribution in [0.25, 0.3) is 0 Å². The third kappa shape index (κ3) is 9.04. The highest BCUT2D eigenvalue weighted by molar-refractivity contribution is 5.91. The molecule has 2 aromatic carbocycles. The van der Waals surface area contributed by atoms with Gasteiger partial charge in [0, 0.05) is 13.2 Å². The van der Waals surface area contributed by atoms with Crippen LogP contribution in [0.2, 0.25) is 0 Å². The second kappa shape index (κ2) is 13.5. The molecule has 0 aromatic heterocycles.